The Hall–Kier alpha value is -2.45. The van der Waals surface area contributed by atoms with Crippen LogP contribution in [0.1, 0.15) is 36.6 Å². The van der Waals surface area contributed by atoms with Gasteiger partial charge in [-0.3, -0.25) is 19.2 Å². The van der Waals surface area contributed by atoms with Crippen molar-refractivity contribution in [1.82, 2.24) is 14.7 Å². The van der Waals surface area contributed by atoms with Crippen molar-refractivity contribution in [2.24, 2.45) is 5.92 Å². The molecule has 2 unspecified atom stereocenters. The van der Waals surface area contributed by atoms with Crippen molar-refractivity contribution in [2.45, 2.75) is 37.1 Å². The summed E-state index contributed by atoms with van der Waals surface area (Å²) in [6, 6.07) is 7.65. The summed E-state index contributed by atoms with van der Waals surface area (Å²) in [7, 11) is 0. The maximum absolute atomic E-state index is 14.6. The average molecular weight is 430 g/mol. The van der Waals surface area contributed by atoms with Gasteiger partial charge in [0.15, 0.2) is 5.78 Å². The fourth-order valence-electron chi connectivity index (χ4n) is 3.94. The van der Waals surface area contributed by atoms with E-state index < -0.39 is 12.0 Å². The van der Waals surface area contributed by atoms with Crippen molar-refractivity contribution < 1.29 is 19.1 Å². The van der Waals surface area contributed by atoms with Crippen LogP contribution in [-0.4, -0.2) is 49.9 Å². The quantitative estimate of drug-likeness (QED) is 0.661. The highest BCUT2D eigenvalue weighted by Crippen LogP contribution is 2.39. The van der Waals surface area contributed by atoms with Gasteiger partial charge in [-0.25, -0.2) is 4.39 Å². The van der Waals surface area contributed by atoms with Gasteiger partial charge in [0.2, 0.25) is 0 Å². The molecule has 4 rings (SSSR count). The van der Waals surface area contributed by atoms with E-state index in [1.165, 1.54) is 10.7 Å². The number of nitrogens with zero attached hydrogens (tertiary/aromatic N) is 3. The minimum atomic E-state index is -0.959. The maximum atomic E-state index is 14.6. The number of hydrogen-bond acceptors (Lipinski definition) is 5. The van der Waals surface area contributed by atoms with Gasteiger partial charge in [-0.2, -0.15) is 17.7 Å². The molecule has 0 amide bonds. The molecule has 2 aliphatic rings. The summed E-state index contributed by atoms with van der Waals surface area (Å²) in [5, 5.41) is 13.2. The number of aliphatic carboxylic acids is 1. The number of halogens is 1. The van der Waals surface area contributed by atoms with E-state index in [9.17, 15) is 14.0 Å². The van der Waals surface area contributed by atoms with Crippen LogP contribution in [0.25, 0.3) is 6.08 Å². The third kappa shape index (κ3) is 4.65. The van der Waals surface area contributed by atoms with Gasteiger partial charge in [-0.15, -0.1) is 0 Å². The monoisotopic (exact) mass is 429 g/mol. The Labute approximate surface area is 179 Å². The van der Waals surface area contributed by atoms with Gasteiger partial charge in [0.1, 0.15) is 12.4 Å². The second kappa shape index (κ2) is 8.73. The number of carboxylic acid groups (broad SMARTS) is 1. The third-order valence-corrected chi connectivity index (χ3v) is 6.20. The zero-order chi connectivity index (χ0) is 21.3. The van der Waals surface area contributed by atoms with E-state index in [2.05, 4.69) is 17.7 Å². The number of likely N-dealkylation sites (tertiary alicyclic amines) is 1. The minimum absolute atomic E-state index is 0.00294. The average Bonchev–Trinajstić information content (AvgIpc) is 3.47. The fraction of sp³-hybridized carbons (Fsp3) is 0.409. The van der Waals surface area contributed by atoms with E-state index >= 15 is 0 Å². The van der Waals surface area contributed by atoms with E-state index in [-0.39, 0.29) is 29.3 Å². The van der Waals surface area contributed by atoms with Crippen molar-refractivity contribution >= 4 is 30.5 Å². The summed E-state index contributed by atoms with van der Waals surface area (Å²) < 4.78 is 16.0. The fourth-order valence-corrected chi connectivity index (χ4v) is 4.22. The second-order valence-electron chi connectivity index (χ2n) is 7.93. The Morgan fingerprint density at radius 1 is 1.27 bits per heavy atom. The van der Waals surface area contributed by atoms with Crippen LogP contribution in [0, 0.1) is 11.7 Å². The molecule has 2 heterocycles. The highest BCUT2D eigenvalue weighted by molar-refractivity contribution is 7.81. The number of thiol groups is 1. The van der Waals surface area contributed by atoms with Gasteiger partial charge in [-0.1, -0.05) is 18.2 Å². The van der Waals surface area contributed by atoms with Crippen LogP contribution in [-0.2, 0) is 16.1 Å². The maximum Gasteiger partial charge on any atom is 0.325 e. The number of aromatic nitrogens is 2. The summed E-state index contributed by atoms with van der Waals surface area (Å²) in [6.07, 6.45) is 5.98. The topological polar surface area (TPSA) is 75.4 Å². The summed E-state index contributed by atoms with van der Waals surface area (Å²) in [5.74, 6) is -1.22. The molecule has 1 saturated heterocycles. The Morgan fingerprint density at radius 2 is 2.03 bits per heavy atom. The first-order chi connectivity index (χ1) is 14.4. The van der Waals surface area contributed by atoms with Crippen molar-refractivity contribution in [3.05, 3.63) is 59.2 Å². The van der Waals surface area contributed by atoms with Crippen LogP contribution in [0.2, 0.25) is 0 Å². The number of carbonyl (C=O) groups excluding carboxylic acids is 1. The second-order valence-corrected chi connectivity index (χ2v) is 8.55. The molecule has 2 fully saturated rings. The lowest BCUT2D eigenvalue weighted by molar-refractivity contribution is -0.137. The van der Waals surface area contributed by atoms with Gasteiger partial charge in [0.05, 0.1) is 11.7 Å². The Morgan fingerprint density at radius 3 is 2.73 bits per heavy atom. The molecular weight excluding hydrogens is 405 g/mol. The van der Waals surface area contributed by atoms with Crippen LogP contribution >= 0.6 is 12.6 Å². The van der Waals surface area contributed by atoms with E-state index in [1.54, 1.807) is 30.5 Å². The highest BCUT2D eigenvalue weighted by atomic mass is 32.1. The van der Waals surface area contributed by atoms with Crippen LogP contribution in [0.3, 0.4) is 0 Å². The zero-order valence-corrected chi connectivity index (χ0v) is 17.3. The SMILES string of the molecule is O=C(O)Cn1ccc(C=C2CN(C(C(=O)C3CC3)c3ccccc3F)CCC2S)n1. The highest BCUT2D eigenvalue weighted by Gasteiger charge is 2.40. The molecular formula is C22H24FN3O3S. The van der Waals surface area contributed by atoms with Crippen LogP contribution in [0.15, 0.2) is 42.1 Å². The molecule has 2 atom stereocenters. The number of carbonyl (C=O) groups is 2. The van der Waals surface area contributed by atoms with Crippen LogP contribution in [0.5, 0.6) is 0 Å². The first kappa shape index (κ1) is 20.8. The third-order valence-electron chi connectivity index (χ3n) is 5.61. The molecule has 1 aliphatic carbocycles. The molecule has 1 N–H and O–H groups in total. The predicted octanol–water partition coefficient (Wildman–Crippen LogP) is 3.21. The molecule has 158 valence electrons. The standard InChI is InChI=1S/C22H24FN3O3S/c23-18-4-2-1-3-17(18)21(22(29)14-5-6-14)25-9-8-19(30)15(12-25)11-16-7-10-26(24-16)13-20(27)28/h1-4,7,10-11,14,19,21,30H,5-6,8-9,12-13H2,(H,27,28). The number of hydrogen-bond donors (Lipinski definition) is 2. The number of Topliss-reactive ketones (excluding diaryl/α,β-unsaturated/α-hetero) is 1. The van der Waals surface area contributed by atoms with Gasteiger partial charge < -0.3 is 5.11 Å². The lowest BCUT2D eigenvalue weighted by atomic mass is 9.93. The predicted molar refractivity (Wildman–Crippen MR) is 114 cm³/mol. The van der Waals surface area contributed by atoms with E-state index in [0.29, 0.717) is 24.3 Å². The molecule has 2 aromatic rings. The van der Waals surface area contributed by atoms with Crippen LogP contribution < -0.4 is 0 Å². The minimum Gasteiger partial charge on any atom is -0.480 e. The molecule has 1 aliphatic heterocycles. The normalized spacial score (nSPS) is 22.2. The Kier molecular flexibility index (Phi) is 6.06. The lowest BCUT2D eigenvalue weighted by Gasteiger charge is -2.37. The van der Waals surface area contributed by atoms with Gasteiger partial charge >= 0.3 is 5.97 Å². The number of piperidine rings is 1. The van der Waals surface area contributed by atoms with Gasteiger partial charge in [0, 0.05) is 36.0 Å². The molecule has 0 radical (unpaired) electrons. The largest absolute Gasteiger partial charge is 0.480 e. The first-order valence-electron chi connectivity index (χ1n) is 10.1. The number of ketones is 1. The molecule has 0 spiro atoms. The Bertz CT molecular complexity index is 986. The molecule has 1 saturated carbocycles. The van der Waals surface area contributed by atoms with Crippen LogP contribution in [0.4, 0.5) is 4.39 Å². The molecule has 1 aromatic carbocycles. The van der Waals surface area contributed by atoms with Crippen molar-refractivity contribution in [1.29, 1.82) is 0 Å². The lowest BCUT2D eigenvalue weighted by Crippen LogP contribution is -2.42. The smallest absolute Gasteiger partial charge is 0.325 e. The van der Waals surface area contributed by atoms with Gasteiger partial charge in [-0.05, 0) is 43.0 Å². The summed E-state index contributed by atoms with van der Waals surface area (Å²) in [6.45, 7) is 0.929. The van der Waals surface area contributed by atoms with E-state index in [0.717, 1.165) is 24.8 Å². The molecule has 30 heavy (non-hydrogen) atoms. The number of benzene rings is 1. The first-order valence-corrected chi connectivity index (χ1v) is 10.6. The van der Waals surface area contributed by atoms with Crippen molar-refractivity contribution in [3.63, 3.8) is 0 Å². The molecule has 1 aromatic heterocycles. The molecule has 8 heteroatoms. The summed E-state index contributed by atoms with van der Waals surface area (Å²) in [5.41, 5.74) is 2.05. The van der Waals surface area contributed by atoms with Gasteiger partial charge in [0.25, 0.3) is 0 Å². The van der Waals surface area contributed by atoms with Crippen molar-refractivity contribution in [2.75, 3.05) is 13.1 Å². The number of rotatable bonds is 7. The van der Waals surface area contributed by atoms with E-state index in [1.807, 2.05) is 11.0 Å². The zero-order valence-electron chi connectivity index (χ0n) is 16.4. The van der Waals surface area contributed by atoms with E-state index in [4.69, 9.17) is 5.11 Å². The summed E-state index contributed by atoms with van der Waals surface area (Å²) >= 11 is 4.69. The van der Waals surface area contributed by atoms with Crippen molar-refractivity contribution in [3.8, 4) is 0 Å². The molecule has 6 nitrogen and oxygen atoms in total. The summed E-state index contributed by atoms with van der Waals surface area (Å²) in [4.78, 5) is 26.0. The number of carboxylic acids is 1. The molecule has 0 bridgehead atoms. The Balaban J connectivity index is 1.60.